The number of carbonyl (C=O) groups excluding carboxylic acids is 4. The Morgan fingerprint density at radius 1 is 0.912 bits per heavy atom. The molecule has 2 saturated heterocycles. The van der Waals surface area contributed by atoms with Crippen LogP contribution in [0, 0.1) is 5.92 Å². The van der Waals surface area contributed by atoms with Crippen LogP contribution in [-0.4, -0.2) is 110 Å². The van der Waals surface area contributed by atoms with E-state index in [2.05, 4.69) is 39.3 Å². The number of aryl methyl sites for hydroxylation is 1. The summed E-state index contributed by atoms with van der Waals surface area (Å²) in [7, 11) is 4.09. The highest BCUT2D eigenvalue weighted by Gasteiger charge is 2.45. The van der Waals surface area contributed by atoms with E-state index in [4.69, 9.17) is 32.9 Å². The molecule has 3 aliphatic heterocycles. The minimum atomic E-state index is -1.34. The molecule has 68 heavy (non-hydrogen) atoms. The number of carbonyl (C=O) groups is 4. The maximum atomic E-state index is 15.3. The summed E-state index contributed by atoms with van der Waals surface area (Å²) in [6, 6.07) is 25.7. The van der Waals surface area contributed by atoms with Crippen molar-refractivity contribution in [2.24, 2.45) is 13.0 Å². The van der Waals surface area contributed by atoms with Crippen LogP contribution < -0.4 is 15.4 Å². The number of aromatic nitrogens is 2. The van der Waals surface area contributed by atoms with Crippen molar-refractivity contribution >= 4 is 52.4 Å². The Hall–Kier alpha value is -5.99. The van der Waals surface area contributed by atoms with Crippen LogP contribution in [0.1, 0.15) is 66.6 Å². The zero-order valence-electron chi connectivity index (χ0n) is 38.6. The molecule has 15 heteroatoms. The second-order valence-corrected chi connectivity index (χ2v) is 19.7. The van der Waals surface area contributed by atoms with Gasteiger partial charge < -0.3 is 34.8 Å². The Morgan fingerprint density at radius 2 is 1.68 bits per heavy atom. The van der Waals surface area contributed by atoms with Crippen LogP contribution in [0.5, 0.6) is 11.5 Å². The van der Waals surface area contributed by atoms with Crippen molar-refractivity contribution in [3.05, 3.63) is 141 Å². The number of imidazole rings is 1. The van der Waals surface area contributed by atoms with Gasteiger partial charge in [-0.05, 0) is 117 Å². The van der Waals surface area contributed by atoms with Gasteiger partial charge in [-0.15, -0.1) is 0 Å². The van der Waals surface area contributed by atoms with Gasteiger partial charge in [0.05, 0.1) is 36.5 Å². The monoisotopic (exact) mass is 957 g/mol. The van der Waals surface area contributed by atoms with Crippen molar-refractivity contribution in [3.63, 3.8) is 0 Å². The van der Waals surface area contributed by atoms with Gasteiger partial charge in [-0.1, -0.05) is 71.7 Å². The van der Waals surface area contributed by atoms with Crippen molar-refractivity contribution in [2.45, 2.75) is 75.5 Å². The second kappa shape index (κ2) is 19.9. The Balaban J connectivity index is 1.03. The molecule has 1 aliphatic carbocycles. The number of hydrogen-bond acceptors (Lipinski definition) is 8. The second-order valence-electron chi connectivity index (χ2n) is 18.9. The Morgan fingerprint density at radius 3 is 2.43 bits per heavy atom. The molecule has 2 fully saturated rings. The van der Waals surface area contributed by atoms with Crippen LogP contribution in [-0.2, 0) is 45.6 Å². The maximum absolute atomic E-state index is 15.3. The van der Waals surface area contributed by atoms with Crippen LogP contribution in [0.4, 0.5) is 0 Å². The summed E-state index contributed by atoms with van der Waals surface area (Å²) in [5.74, 6) is -1.00. The number of piperidine rings is 1. The molecule has 0 saturated carbocycles. The molecule has 4 heterocycles. The first kappa shape index (κ1) is 47.1. The number of nitrogens with zero attached hydrogens (tertiary/aromatic N) is 5. The van der Waals surface area contributed by atoms with E-state index in [1.807, 2.05) is 67.8 Å². The molecule has 0 radical (unpaired) electrons. The van der Waals surface area contributed by atoms with Crippen LogP contribution >= 0.6 is 23.2 Å². The highest BCUT2D eigenvalue weighted by Crippen LogP contribution is 2.42. The number of rotatable bonds is 10. The zero-order chi connectivity index (χ0) is 47.7. The number of ether oxygens (including phenoxy) is 1. The van der Waals surface area contributed by atoms with Gasteiger partial charge in [-0.2, -0.15) is 0 Å². The zero-order valence-corrected chi connectivity index (χ0v) is 40.1. The number of nitrogens with one attached hydrogen (secondary N) is 2. The first-order valence-corrected chi connectivity index (χ1v) is 24.1. The molecule has 5 aromatic rings. The topological polar surface area (TPSA) is 149 Å². The third kappa shape index (κ3) is 9.94. The number of aliphatic hydroxyl groups excluding tert-OH is 1. The lowest BCUT2D eigenvalue weighted by molar-refractivity contribution is -0.148. The van der Waals surface area contributed by atoms with Gasteiger partial charge >= 0.3 is 0 Å². The van der Waals surface area contributed by atoms with Gasteiger partial charge in [0.2, 0.25) is 23.6 Å². The van der Waals surface area contributed by atoms with Crippen molar-refractivity contribution in [1.29, 1.82) is 0 Å². The quantitative estimate of drug-likeness (QED) is 0.133. The Labute approximate surface area is 407 Å². The van der Waals surface area contributed by atoms with E-state index in [1.54, 1.807) is 42.2 Å². The average Bonchev–Trinajstić information content (AvgIpc) is 4.07. The molecule has 354 valence electrons. The molecule has 0 spiro atoms. The lowest BCUT2D eigenvalue weighted by Gasteiger charge is -2.46. The molecular weight excluding hydrogens is 902 g/mol. The SMILES string of the molecule is C[C@H]1C(=O)N[C@@H](CO)C(=O)N[C@@]2(Cc3ccc(Cl)cc3)CCCN(C2)C(=O)[C@H]([C@@H]2CCc3ccccc32)CC(=O)N1Cc1ccc(Cl)cc1Oc1ccc(-c2cnc(C3=CCN(C)C3)n2C)cc1. The predicted octanol–water partition coefficient (Wildman–Crippen LogP) is 7.18. The molecule has 13 nitrogen and oxygen atoms in total. The fraction of sp³-hybridized carbons (Fsp3) is 0.377. The summed E-state index contributed by atoms with van der Waals surface area (Å²) in [5.41, 5.74) is 5.82. The standard InChI is InChI=1S/C53H57Cl2N7O6/c1-33-50(65)57-45(31-63)51(66)58-53(27-34-9-15-39(54)16-10-34)22-6-23-61(32-53)52(67)44(43-20-14-35-7-4-5-8-42(35)43)26-48(64)62(33)30-37-11-17-40(55)25-47(37)68-41-18-12-36(13-19-41)46-28-56-49(60(46)3)38-21-24-59(2)29-38/h4-5,7-13,15-19,21,25,28,33,43-45,63H,6,14,20,22-24,26-27,29-32H2,1-3H3,(H,57,65)(H,58,66)/t33-,43+,44-,45-,53+/m0/s1. The normalized spacial score (nSPS) is 23.8. The van der Waals surface area contributed by atoms with E-state index in [0.29, 0.717) is 59.3 Å². The number of amides is 4. The number of hydrogen-bond donors (Lipinski definition) is 3. The van der Waals surface area contributed by atoms with Crippen LogP contribution in [0.3, 0.4) is 0 Å². The van der Waals surface area contributed by atoms with E-state index in [1.165, 1.54) is 10.5 Å². The number of fused-ring (bicyclic) bond motifs is 3. The first-order valence-electron chi connectivity index (χ1n) is 23.4. The predicted molar refractivity (Wildman–Crippen MR) is 262 cm³/mol. The third-order valence-corrected chi connectivity index (χ3v) is 14.7. The van der Waals surface area contributed by atoms with E-state index in [-0.39, 0.29) is 31.3 Å². The summed E-state index contributed by atoms with van der Waals surface area (Å²) < 4.78 is 8.60. The lowest BCUT2D eigenvalue weighted by Crippen LogP contribution is -2.65. The summed E-state index contributed by atoms with van der Waals surface area (Å²) >= 11 is 12.8. The van der Waals surface area contributed by atoms with Crippen LogP contribution in [0.25, 0.3) is 16.8 Å². The molecule has 3 N–H and O–H groups in total. The Bertz CT molecular complexity index is 2740. The minimum Gasteiger partial charge on any atom is -0.457 e. The molecule has 0 unspecified atom stereocenters. The Kier molecular flexibility index (Phi) is 13.8. The van der Waals surface area contributed by atoms with Gasteiger partial charge in [0.15, 0.2) is 0 Å². The maximum Gasteiger partial charge on any atom is 0.245 e. The largest absolute Gasteiger partial charge is 0.457 e. The van der Waals surface area contributed by atoms with Crippen LogP contribution in [0.15, 0.2) is 103 Å². The van der Waals surface area contributed by atoms with Gasteiger partial charge in [0.1, 0.15) is 29.4 Å². The molecule has 1 aromatic heterocycles. The minimum absolute atomic E-state index is 0.0904. The summed E-state index contributed by atoms with van der Waals surface area (Å²) in [6.07, 6.45) is 6.88. The average molecular weight is 959 g/mol. The summed E-state index contributed by atoms with van der Waals surface area (Å²) in [4.78, 5) is 69.3. The van der Waals surface area contributed by atoms with E-state index < -0.39 is 47.9 Å². The molecule has 4 amide bonds. The molecular formula is C53H57Cl2N7O6. The highest BCUT2D eigenvalue weighted by atomic mass is 35.5. The molecule has 4 aliphatic rings. The molecule has 2 bridgehead atoms. The number of likely N-dealkylation sites (N-methyl/N-ethyl adjacent to an activating group) is 1. The van der Waals surface area contributed by atoms with E-state index in [9.17, 15) is 14.7 Å². The van der Waals surface area contributed by atoms with Crippen molar-refractivity contribution < 1.29 is 29.0 Å². The van der Waals surface area contributed by atoms with Crippen LogP contribution in [0.2, 0.25) is 10.0 Å². The van der Waals surface area contributed by atoms with E-state index in [0.717, 1.165) is 53.3 Å². The summed E-state index contributed by atoms with van der Waals surface area (Å²) in [6.45, 7) is 3.16. The van der Waals surface area contributed by atoms with Gasteiger partial charge in [0, 0.05) is 66.4 Å². The summed E-state index contributed by atoms with van der Waals surface area (Å²) in [5, 5.41) is 17.5. The van der Waals surface area contributed by atoms with Gasteiger partial charge in [0.25, 0.3) is 0 Å². The fourth-order valence-corrected chi connectivity index (χ4v) is 10.8. The van der Waals surface area contributed by atoms with Gasteiger partial charge in [-0.3, -0.25) is 24.1 Å². The number of benzene rings is 4. The first-order chi connectivity index (χ1) is 32.8. The smallest absolute Gasteiger partial charge is 0.245 e. The molecule has 9 rings (SSSR count). The van der Waals surface area contributed by atoms with Crippen molar-refractivity contribution in [2.75, 3.05) is 39.8 Å². The van der Waals surface area contributed by atoms with E-state index >= 15 is 9.59 Å². The lowest BCUT2D eigenvalue weighted by atomic mass is 9.80. The number of aliphatic hydroxyl groups is 1. The number of halogens is 2. The van der Waals surface area contributed by atoms with Crippen molar-refractivity contribution in [3.8, 4) is 22.8 Å². The van der Waals surface area contributed by atoms with Gasteiger partial charge in [-0.25, -0.2) is 4.98 Å². The highest BCUT2D eigenvalue weighted by molar-refractivity contribution is 6.31. The van der Waals surface area contributed by atoms with Crippen molar-refractivity contribution in [1.82, 2.24) is 34.9 Å². The molecule has 5 atom stereocenters. The molecule has 4 aromatic carbocycles. The third-order valence-electron chi connectivity index (χ3n) is 14.2. The fourth-order valence-electron chi connectivity index (χ4n) is 10.6.